The second-order valence-corrected chi connectivity index (χ2v) is 5.96. The van der Waals surface area contributed by atoms with Crippen LogP contribution in [0.1, 0.15) is 18.9 Å². The summed E-state index contributed by atoms with van der Waals surface area (Å²) < 4.78 is 0. The number of carbonyl (C=O) groups is 1. The van der Waals surface area contributed by atoms with Gasteiger partial charge >= 0.3 is 0 Å². The lowest BCUT2D eigenvalue weighted by molar-refractivity contribution is -0.121. The standard InChI is InChI=1S/C17H18Cl2N2O/c1-12(21-14-7-8-15(18)16(19)10-14)9-17(22)20-11-13-5-3-2-4-6-13/h2-8,10,12,21H,9,11H2,1H3,(H,20,22). The van der Waals surface area contributed by atoms with Crippen LogP contribution in [0.15, 0.2) is 48.5 Å². The van der Waals surface area contributed by atoms with E-state index >= 15 is 0 Å². The summed E-state index contributed by atoms with van der Waals surface area (Å²) in [4.78, 5) is 11.9. The van der Waals surface area contributed by atoms with Gasteiger partial charge in [0.1, 0.15) is 0 Å². The Labute approximate surface area is 140 Å². The Bertz CT molecular complexity index is 632. The van der Waals surface area contributed by atoms with Crippen LogP contribution in [0.4, 0.5) is 5.69 Å². The van der Waals surface area contributed by atoms with E-state index in [0.29, 0.717) is 23.0 Å². The monoisotopic (exact) mass is 336 g/mol. The van der Waals surface area contributed by atoms with Gasteiger partial charge in [0, 0.05) is 24.7 Å². The second-order valence-electron chi connectivity index (χ2n) is 5.14. The lowest BCUT2D eigenvalue weighted by atomic mass is 10.2. The third kappa shape index (κ3) is 5.24. The van der Waals surface area contributed by atoms with E-state index in [2.05, 4.69) is 10.6 Å². The van der Waals surface area contributed by atoms with Crippen molar-refractivity contribution < 1.29 is 4.79 Å². The van der Waals surface area contributed by atoms with Gasteiger partial charge in [-0.05, 0) is 30.7 Å². The highest BCUT2D eigenvalue weighted by atomic mass is 35.5. The molecule has 0 aliphatic rings. The zero-order chi connectivity index (χ0) is 15.9. The largest absolute Gasteiger partial charge is 0.382 e. The molecule has 0 saturated heterocycles. The van der Waals surface area contributed by atoms with E-state index in [4.69, 9.17) is 23.2 Å². The van der Waals surface area contributed by atoms with Crippen molar-refractivity contribution in [3.63, 3.8) is 0 Å². The predicted molar refractivity (Wildman–Crippen MR) is 92.5 cm³/mol. The first-order valence-corrected chi connectivity index (χ1v) is 7.82. The molecule has 1 atom stereocenters. The third-order valence-electron chi connectivity index (χ3n) is 3.16. The molecule has 1 unspecified atom stereocenters. The Balaban J connectivity index is 1.79. The van der Waals surface area contributed by atoms with Crippen LogP contribution >= 0.6 is 23.2 Å². The van der Waals surface area contributed by atoms with Gasteiger partial charge in [-0.1, -0.05) is 53.5 Å². The topological polar surface area (TPSA) is 41.1 Å². The van der Waals surface area contributed by atoms with E-state index in [-0.39, 0.29) is 11.9 Å². The maximum Gasteiger partial charge on any atom is 0.222 e. The molecule has 5 heteroatoms. The molecular formula is C17H18Cl2N2O. The number of amides is 1. The average Bonchev–Trinajstić information content (AvgIpc) is 2.50. The average molecular weight is 337 g/mol. The molecule has 0 aliphatic heterocycles. The van der Waals surface area contributed by atoms with Crippen molar-refractivity contribution in [3.8, 4) is 0 Å². The van der Waals surface area contributed by atoms with E-state index < -0.39 is 0 Å². The summed E-state index contributed by atoms with van der Waals surface area (Å²) in [6.45, 7) is 2.49. The van der Waals surface area contributed by atoms with Crippen LogP contribution < -0.4 is 10.6 Å². The Morgan fingerprint density at radius 2 is 1.82 bits per heavy atom. The molecule has 2 aromatic rings. The van der Waals surface area contributed by atoms with Crippen molar-refractivity contribution in [1.29, 1.82) is 0 Å². The quantitative estimate of drug-likeness (QED) is 0.815. The molecule has 0 saturated carbocycles. The molecule has 0 bridgehead atoms. The predicted octanol–water partition coefficient (Wildman–Crippen LogP) is 4.50. The minimum Gasteiger partial charge on any atom is -0.382 e. The van der Waals surface area contributed by atoms with Crippen molar-refractivity contribution >= 4 is 34.8 Å². The highest BCUT2D eigenvalue weighted by Gasteiger charge is 2.09. The van der Waals surface area contributed by atoms with Crippen molar-refractivity contribution in [3.05, 3.63) is 64.1 Å². The Kier molecular flexibility index (Phi) is 6.10. The first-order valence-electron chi connectivity index (χ1n) is 7.07. The van der Waals surface area contributed by atoms with Crippen molar-refractivity contribution in [2.75, 3.05) is 5.32 Å². The molecule has 0 aromatic heterocycles. The minimum atomic E-state index is -0.00647. The molecule has 0 spiro atoms. The van der Waals surface area contributed by atoms with E-state index in [1.165, 1.54) is 0 Å². The molecule has 2 N–H and O–H groups in total. The molecule has 2 rings (SSSR count). The SMILES string of the molecule is CC(CC(=O)NCc1ccccc1)Nc1ccc(Cl)c(Cl)c1. The molecule has 3 nitrogen and oxygen atoms in total. The summed E-state index contributed by atoms with van der Waals surface area (Å²) in [6.07, 6.45) is 0.382. The van der Waals surface area contributed by atoms with Gasteiger partial charge in [0.15, 0.2) is 0 Å². The van der Waals surface area contributed by atoms with Crippen LogP contribution in [-0.4, -0.2) is 11.9 Å². The molecule has 1 amide bonds. The van der Waals surface area contributed by atoms with E-state index in [9.17, 15) is 4.79 Å². The number of carbonyl (C=O) groups excluding carboxylic acids is 1. The lowest BCUT2D eigenvalue weighted by Gasteiger charge is -2.15. The zero-order valence-corrected chi connectivity index (χ0v) is 13.8. The maximum absolute atomic E-state index is 11.9. The third-order valence-corrected chi connectivity index (χ3v) is 3.90. The first kappa shape index (κ1) is 16.7. The molecule has 2 aromatic carbocycles. The van der Waals surface area contributed by atoms with E-state index in [0.717, 1.165) is 11.3 Å². The normalized spacial score (nSPS) is 11.8. The van der Waals surface area contributed by atoms with Crippen LogP contribution in [-0.2, 0) is 11.3 Å². The number of hydrogen-bond acceptors (Lipinski definition) is 2. The van der Waals surface area contributed by atoms with Gasteiger partial charge in [0.25, 0.3) is 0 Å². The van der Waals surface area contributed by atoms with Crippen LogP contribution in [0.5, 0.6) is 0 Å². The Hall–Kier alpha value is -1.71. The van der Waals surface area contributed by atoms with E-state index in [1.807, 2.05) is 43.3 Å². The lowest BCUT2D eigenvalue weighted by Crippen LogP contribution is -2.29. The summed E-state index contributed by atoms with van der Waals surface area (Å²) in [5, 5.41) is 7.15. The number of nitrogens with one attached hydrogen (secondary N) is 2. The molecule has 0 aliphatic carbocycles. The van der Waals surface area contributed by atoms with E-state index in [1.54, 1.807) is 12.1 Å². The molecular weight excluding hydrogens is 319 g/mol. The van der Waals surface area contributed by atoms with Gasteiger partial charge in [-0.2, -0.15) is 0 Å². The molecule has 22 heavy (non-hydrogen) atoms. The van der Waals surface area contributed by atoms with Crippen molar-refractivity contribution in [2.24, 2.45) is 0 Å². The fraction of sp³-hybridized carbons (Fsp3) is 0.235. The van der Waals surface area contributed by atoms with Crippen LogP contribution in [0.25, 0.3) is 0 Å². The van der Waals surface area contributed by atoms with Gasteiger partial charge in [0.05, 0.1) is 10.0 Å². The first-order chi connectivity index (χ1) is 10.5. The smallest absolute Gasteiger partial charge is 0.222 e. The van der Waals surface area contributed by atoms with Gasteiger partial charge < -0.3 is 10.6 Å². The van der Waals surface area contributed by atoms with Gasteiger partial charge in [-0.15, -0.1) is 0 Å². The number of benzene rings is 2. The second kappa shape index (κ2) is 8.06. The minimum absolute atomic E-state index is 0.00362. The number of rotatable bonds is 6. The van der Waals surface area contributed by atoms with Crippen molar-refractivity contribution in [2.45, 2.75) is 25.9 Å². The van der Waals surface area contributed by atoms with Crippen LogP contribution in [0.2, 0.25) is 10.0 Å². The number of anilines is 1. The summed E-state index contributed by atoms with van der Waals surface area (Å²) in [5.41, 5.74) is 1.93. The Morgan fingerprint density at radius 1 is 1.09 bits per heavy atom. The Morgan fingerprint density at radius 3 is 2.50 bits per heavy atom. The highest BCUT2D eigenvalue weighted by Crippen LogP contribution is 2.25. The fourth-order valence-corrected chi connectivity index (χ4v) is 2.37. The molecule has 116 valence electrons. The number of halogens is 2. The highest BCUT2D eigenvalue weighted by molar-refractivity contribution is 6.42. The summed E-state index contributed by atoms with van der Waals surface area (Å²) in [6, 6.07) is 15.1. The summed E-state index contributed by atoms with van der Waals surface area (Å²) in [7, 11) is 0. The zero-order valence-electron chi connectivity index (χ0n) is 12.3. The van der Waals surface area contributed by atoms with Crippen molar-refractivity contribution in [1.82, 2.24) is 5.32 Å². The summed E-state index contributed by atoms with van der Waals surface area (Å²) >= 11 is 11.8. The molecule has 0 radical (unpaired) electrons. The number of hydrogen-bond donors (Lipinski definition) is 2. The van der Waals surface area contributed by atoms with Crippen LogP contribution in [0.3, 0.4) is 0 Å². The molecule has 0 fully saturated rings. The molecule has 0 heterocycles. The van der Waals surface area contributed by atoms with Gasteiger partial charge in [-0.3, -0.25) is 4.79 Å². The van der Waals surface area contributed by atoms with Crippen LogP contribution in [0, 0.1) is 0 Å². The maximum atomic E-state index is 11.9. The fourth-order valence-electron chi connectivity index (χ4n) is 2.07. The van der Waals surface area contributed by atoms with Gasteiger partial charge in [0.2, 0.25) is 5.91 Å². The van der Waals surface area contributed by atoms with Gasteiger partial charge in [-0.25, -0.2) is 0 Å². The summed E-state index contributed by atoms with van der Waals surface area (Å²) in [5.74, 6) is 0.00362.